The predicted octanol–water partition coefficient (Wildman–Crippen LogP) is -0.185. The molecule has 112 valence electrons. The van der Waals surface area contributed by atoms with Gasteiger partial charge in [-0.1, -0.05) is 16.5 Å². The molecule has 0 radical (unpaired) electrons. The lowest BCUT2D eigenvalue weighted by molar-refractivity contribution is -0.129. The smallest absolute Gasteiger partial charge is 0.363 e. The lowest BCUT2D eigenvalue weighted by Crippen LogP contribution is -2.30. The molecule has 21 heavy (non-hydrogen) atoms. The van der Waals surface area contributed by atoms with Crippen LogP contribution >= 0.6 is 11.3 Å². The third-order valence-electron chi connectivity index (χ3n) is 3.37. The van der Waals surface area contributed by atoms with Gasteiger partial charge in [-0.25, -0.2) is 4.79 Å². The van der Waals surface area contributed by atoms with E-state index in [0.29, 0.717) is 29.1 Å². The molecular weight excluding hydrogens is 296 g/mol. The summed E-state index contributed by atoms with van der Waals surface area (Å²) in [6.07, 6.45) is 0.994. The summed E-state index contributed by atoms with van der Waals surface area (Å²) < 4.78 is 4.50. The summed E-state index contributed by atoms with van der Waals surface area (Å²) in [6, 6.07) is 0. The fraction of sp³-hybridized carbons (Fsp3) is 0.545. The molecule has 0 aliphatic carbocycles. The molecule has 1 aliphatic heterocycles. The maximum atomic E-state index is 12.2. The molecule has 10 heteroatoms. The zero-order valence-electron chi connectivity index (χ0n) is 11.3. The van der Waals surface area contributed by atoms with E-state index >= 15 is 0 Å². The zero-order valence-corrected chi connectivity index (χ0v) is 12.1. The van der Waals surface area contributed by atoms with Gasteiger partial charge in [-0.3, -0.25) is 14.3 Å². The van der Waals surface area contributed by atoms with Gasteiger partial charge in [0.1, 0.15) is 5.01 Å². The maximum absolute atomic E-state index is 12.2. The molecule has 1 fully saturated rings. The fourth-order valence-electron chi connectivity index (χ4n) is 2.29. The number of H-pyrrole nitrogens is 1. The van der Waals surface area contributed by atoms with Crippen molar-refractivity contribution < 1.29 is 9.32 Å². The monoisotopic (exact) mass is 310 g/mol. The minimum atomic E-state index is -0.566. The number of rotatable bonds is 4. The summed E-state index contributed by atoms with van der Waals surface area (Å²) in [6.45, 7) is 1.16. The molecule has 1 amide bonds. The minimum absolute atomic E-state index is 0.00199. The third-order valence-corrected chi connectivity index (χ3v) is 4.31. The first-order chi connectivity index (χ1) is 10.2. The van der Waals surface area contributed by atoms with Crippen LogP contribution in [0.15, 0.2) is 9.32 Å². The third kappa shape index (κ3) is 2.94. The van der Waals surface area contributed by atoms with Gasteiger partial charge in [0.05, 0.1) is 6.42 Å². The lowest BCUT2D eigenvalue weighted by atomic mass is 10.1. The number of nitrogens with one attached hydrogen (secondary N) is 2. The summed E-state index contributed by atoms with van der Waals surface area (Å²) >= 11 is 1.36. The van der Waals surface area contributed by atoms with Gasteiger partial charge >= 0.3 is 5.76 Å². The van der Waals surface area contributed by atoms with Crippen LogP contribution in [-0.2, 0) is 11.2 Å². The molecular formula is C11H14N6O3S. The van der Waals surface area contributed by atoms with Crippen molar-refractivity contribution in [2.75, 3.05) is 25.5 Å². The standard InChI is InChI=1S/C11H14N6O3S/c1-12-10-15-14-7(21-10)4-8(18)17-3-2-6(5-17)9-13-11(19)20-16-9/h6H,2-5H2,1H3,(H,12,15)(H,13,16,19). The van der Waals surface area contributed by atoms with E-state index in [-0.39, 0.29) is 18.2 Å². The van der Waals surface area contributed by atoms with Gasteiger partial charge in [0.15, 0.2) is 5.82 Å². The van der Waals surface area contributed by atoms with Crippen molar-refractivity contribution in [2.45, 2.75) is 18.8 Å². The molecule has 1 unspecified atom stereocenters. The number of likely N-dealkylation sites (tertiary alicyclic amines) is 1. The Labute approximate surface area is 123 Å². The van der Waals surface area contributed by atoms with Crippen LogP contribution in [0.3, 0.4) is 0 Å². The van der Waals surface area contributed by atoms with Crippen molar-refractivity contribution in [3.63, 3.8) is 0 Å². The molecule has 1 saturated heterocycles. The van der Waals surface area contributed by atoms with Crippen LogP contribution in [0.5, 0.6) is 0 Å². The number of aromatic nitrogens is 4. The molecule has 3 heterocycles. The SMILES string of the molecule is CNc1nnc(CC(=O)N2CCC(c3noc(=O)[nH]3)C2)s1. The highest BCUT2D eigenvalue weighted by atomic mass is 32.1. The summed E-state index contributed by atoms with van der Waals surface area (Å²) in [5.74, 6) is -0.0447. The Bertz CT molecular complexity index is 692. The average molecular weight is 310 g/mol. The van der Waals surface area contributed by atoms with E-state index in [4.69, 9.17) is 0 Å². The summed E-state index contributed by atoms with van der Waals surface area (Å²) in [5.41, 5.74) is 0. The van der Waals surface area contributed by atoms with Crippen molar-refractivity contribution >= 4 is 22.4 Å². The molecule has 1 aliphatic rings. The minimum Gasteiger partial charge on any atom is -0.363 e. The lowest BCUT2D eigenvalue weighted by Gasteiger charge is -2.14. The number of hydrogen-bond donors (Lipinski definition) is 2. The molecule has 0 bridgehead atoms. The Hall–Kier alpha value is -2.23. The number of nitrogens with zero attached hydrogens (tertiary/aromatic N) is 4. The highest BCUT2D eigenvalue weighted by Gasteiger charge is 2.30. The average Bonchev–Trinajstić information content (AvgIpc) is 3.17. The molecule has 9 nitrogen and oxygen atoms in total. The first-order valence-electron chi connectivity index (χ1n) is 6.49. The summed E-state index contributed by atoms with van der Waals surface area (Å²) in [4.78, 5) is 27.5. The predicted molar refractivity (Wildman–Crippen MR) is 74.2 cm³/mol. The Morgan fingerprint density at radius 3 is 3.10 bits per heavy atom. The first kappa shape index (κ1) is 13.7. The van der Waals surface area contributed by atoms with Crippen LogP contribution in [0, 0.1) is 0 Å². The van der Waals surface area contributed by atoms with Gasteiger partial charge in [0.25, 0.3) is 0 Å². The van der Waals surface area contributed by atoms with Crippen LogP contribution in [0.4, 0.5) is 5.13 Å². The Balaban J connectivity index is 1.60. The number of carbonyl (C=O) groups is 1. The number of aromatic amines is 1. The molecule has 0 aromatic carbocycles. The van der Waals surface area contributed by atoms with Crippen molar-refractivity contribution in [2.24, 2.45) is 0 Å². The van der Waals surface area contributed by atoms with Gasteiger partial charge in [-0.2, -0.15) is 0 Å². The number of anilines is 1. The van der Waals surface area contributed by atoms with Crippen molar-refractivity contribution in [3.05, 3.63) is 21.4 Å². The van der Waals surface area contributed by atoms with E-state index in [2.05, 4.69) is 30.2 Å². The molecule has 0 spiro atoms. The van der Waals surface area contributed by atoms with Gasteiger partial charge in [-0.05, 0) is 6.42 Å². The quantitative estimate of drug-likeness (QED) is 0.804. The molecule has 3 rings (SSSR count). The highest BCUT2D eigenvalue weighted by molar-refractivity contribution is 7.15. The van der Waals surface area contributed by atoms with Crippen LogP contribution in [0.2, 0.25) is 0 Å². The van der Waals surface area contributed by atoms with Crippen LogP contribution in [0.25, 0.3) is 0 Å². The van der Waals surface area contributed by atoms with Crippen molar-refractivity contribution in [1.29, 1.82) is 0 Å². The van der Waals surface area contributed by atoms with Gasteiger partial charge < -0.3 is 10.2 Å². The molecule has 0 saturated carbocycles. The second-order valence-electron chi connectivity index (χ2n) is 4.73. The second kappa shape index (κ2) is 5.64. The molecule has 2 aromatic rings. The normalized spacial score (nSPS) is 18.1. The van der Waals surface area contributed by atoms with Crippen molar-refractivity contribution in [3.8, 4) is 0 Å². The fourth-order valence-corrected chi connectivity index (χ4v) is 2.98. The Kier molecular flexibility index (Phi) is 3.69. The molecule has 2 N–H and O–H groups in total. The number of amides is 1. The first-order valence-corrected chi connectivity index (χ1v) is 7.31. The highest BCUT2D eigenvalue weighted by Crippen LogP contribution is 2.25. The van der Waals surface area contributed by atoms with Gasteiger partial charge in [-0.15, -0.1) is 10.2 Å². The largest absolute Gasteiger partial charge is 0.438 e. The Morgan fingerprint density at radius 1 is 1.57 bits per heavy atom. The van der Waals surface area contributed by atoms with Crippen LogP contribution in [-0.4, -0.2) is 51.3 Å². The van der Waals surface area contributed by atoms with E-state index < -0.39 is 5.76 Å². The van der Waals surface area contributed by atoms with E-state index in [1.807, 2.05) is 0 Å². The summed E-state index contributed by atoms with van der Waals surface area (Å²) in [5, 5.41) is 15.8. The number of hydrogen-bond acceptors (Lipinski definition) is 8. The maximum Gasteiger partial charge on any atom is 0.438 e. The van der Waals surface area contributed by atoms with E-state index in [1.165, 1.54) is 11.3 Å². The Morgan fingerprint density at radius 2 is 2.43 bits per heavy atom. The summed E-state index contributed by atoms with van der Waals surface area (Å²) in [7, 11) is 1.76. The molecule has 2 aromatic heterocycles. The van der Waals surface area contributed by atoms with E-state index in [0.717, 1.165) is 6.42 Å². The second-order valence-corrected chi connectivity index (χ2v) is 5.80. The molecule has 1 atom stereocenters. The number of carbonyl (C=O) groups excluding carboxylic acids is 1. The van der Waals surface area contributed by atoms with Crippen molar-refractivity contribution in [1.82, 2.24) is 25.2 Å². The van der Waals surface area contributed by atoms with Gasteiger partial charge in [0, 0.05) is 26.1 Å². The van der Waals surface area contributed by atoms with E-state index in [1.54, 1.807) is 11.9 Å². The van der Waals surface area contributed by atoms with E-state index in [9.17, 15) is 9.59 Å². The topological polar surface area (TPSA) is 117 Å². The zero-order chi connectivity index (χ0) is 14.8. The van der Waals surface area contributed by atoms with Gasteiger partial charge in [0.2, 0.25) is 11.0 Å². The van der Waals surface area contributed by atoms with Crippen LogP contribution < -0.4 is 11.1 Å². The van der Waals surface area contributed by atoms with Crippen LogP contribution in [0.1, 0.15) is 23.2 Å².